The van der Waals surface area contributed by atoms with Gasteiger partial charge in [-0.25, -0.2) is 13.6 Å². The number of hydrogen-bond acceptors (Lipinski definition) is 2. The van der Waals surface area contributed by atoms with Gasteiger partial charge in [-0.2, -0.15) is 0 Å². The van der Waals surface area contributed by atoms with Gasteiger partial charge in [-0.15, -0.1) is 0 Å². The Morgan fingerprint density at radius 3 is 1.79 bits per heavy atom. The van der Waals surface area contributed by atoms with Crippen LogP contribution in [0.25, 0.3) is 28.2 Å². The van der Waals surface area contributed by atoms with E-state index in [2.05, 4.69) is 63.8 Å². The van der Waals surface area contributed by atoms with Gasteiger partial charge in [-0.1, -0.05) is 58.4 Å². The van der Waals surface area contributed by atoms with Crippen LogP contribution in [-0.4, -0.2) is 13.0 Å². The number of aryl methyl sites for hydroxylation is 1. The summed E-state index contributed by atoms with van der Waals surface area (Å²) in [6.07, 6.45) is 0. The van der Waals surface area contributed by atoms with Gasteiger partial charge in [0.05, 0.1) is 16.3 Å². The van der Waals surface area contributed by atoms with Crippen LogP contribution < -0.4 is 5.14 Å². The Kier molecular flexibility index (Phi) is 5.17. The number of benzene rings is 3. The fourth-order valence-electron chi connectivity index (χ4n) is 3.40. The summed E-state index contributed by atoms with van der Waals surface area (Å²) in [7, 11) is -3.72. The molecule has 0 amide bonds. The summed E-state index contributed by atoms with van der Waals surface area (Å²) in [5.41, 5.74) is 6.23. The summed E-state index contributed by atoms with van der Waals surface area (Å²) in [5.74, 6) is 0. The molecule has 0 saturated carbocycles. The van der Waals surface area contributed by atoms with Gasteiger partial charge in [0.15, 0.2) is 0 Å². The van der Waals surface area contributed by atoms with Crippen LogP contribution >= 0.6 is 15.9 Å². The Labute approximate surface area is 178 Å². The third-order valence-corrected chi connectivity index (χ3v) is 6.31. The molecule has 4 aromatic rings. The summed E-state index contributed by atoms with van der Waals surface area (Å²) < 4.78 is 26.4. The predicted molar refractivity (Wildman–Crippen MR) is 120 cm³/mol. The largest absolute Gasteiger partial charge is 0.309 e. The van der Waals surface area contributed by atoms with Crippen LogP contribution in [0, 0.1) is 6.92 Å². The van der Waals surface area contributed by atoms with Crippen molar-refractivity contribution in [3.63, 3.8) is 0 Å². The van der Waals surface area contributed by atoms with E-state index in [0.717, 1.165) is 38.2 Å². The summed E-state index contributed by atoms with van der Waals surface area (Å²) in [4.78, 5) is 0.100. The number of primary sulfonamides is 1. The van der Waals surface area contributed by atoms with E-state index in [4.69, 9.17) is 5.14 Å². The van der Waals surface area contributed by atoms with Crippen molar-refractivity contribution in [3.8, 4) is 28.2 Å². The molecule has 4 rings (SSSR count). The summed E-state index contributed by atoms with van der Waals surface area (Å²) >= 11 is 3.49. The zero-order valence-corrected chi connectivity index (χ0v) is 18.1. The molecule has 0 aliphatic rings. The number of rotatable bonds is 4. The Morgan fingerprint density at radius 2 is 1.28 bits per heavy atom. The predicted octanol–water partition coefficient (Wildman–Crippen LogP) is 5.53. The highest BCUT2D eigenvalue weighted by Gasteiger charge is 2.16. The quantitative estimate of drug-likeness (QED) is 0.429. The molecule has 0 spiro atoms. The highest BCUT2D eigenvalue weighted by atomic mass is 79.9. The molecule has 1 heterocycles. The average molecular weight is 467 g/mol. The van der Waals surface area contributed by atoms with Crippen LogP contribution in [0.3, 0.4) is 0 Å². The number of para-hydroxylation sites is 1. The molecule has 0 radical (unpaired) electrons. The van der Waals surface area contributed by atoms with E-state index in [-0.39, 0.29) is 4.90 Å². The van der Waals surface area contributed by atoms with Crippen LogP contribution in [0.15, 0.2) is 94.3 Å². The van der Waals surface area contributed by atoms with Crippen molar-refractivity contribution >= 4 is 26.0 Å². The van der Waals surface area contributed by atoms with E-state index in [1.807, 2.05) is 24.3 Å². The lowest BCUT2D eigenvalue weighted by Crippen LogP contribution is -2.11. The molecule has 0 aliphatic heterocycles. The molecule has 6 heteroatoms. The normalized spacial score (nSPS) is 11.6. The minimum absolute atomic E-state index is 0.100. The molecule has 0 aliphatic carbocycles. The smallest absolute Gasteiger partial charge is 0.238 e. The summed E-state index contributed by atoms with van der Waals surface area (Å²) in [6.45, 7) is 2.08. The van der Waals surface area contributed by atoms with Gasteiger partial charge in [0.2, 0.25) is 10.0 Å². The highest BCUT2D eigenvalue weighted by Crippen LogP contribution is 2.34. The molecular weight excluding hydrogens is 448 g/mol. The maximum absolute atomic E-state index is 11.6. The first-order valence-corrected chi connectivity index (χ1v) is 11.4. The maximum Gasteiger partial charge on any atom is 0.238 e. The Balaban J connectivity index is 1.93. The van der Waals surface area contributed by atoms with E-state index >= 15 is 0 Å². The fourth-order valence-corrected chi connectivity index (χ4v) is 4.18. The third kappa shape index (κ3) is 3.92. The van der Waals surface area contributed by atoms with Crippen molar-refractivity contribution in [2.75, 3.05) is 0 Å². The average Bonchev–Trinajstić information content (AvgIpc) is 3.13. The van der Waals surface area contributed by atoms with Gasteiger partial charge in [-0.3, -0.25) is 0 Å². The van der Waals surface area contributed by atoms with Crippen molar-refractivity contribution in [1.29, 1.82) is 0 Å². The molecule has 0 unspecified atom stereocenters. The van der Waals surface area contributed by atoms with Crippen LogP contribution in [0.4, 0.5) is 0 Å². The third-order valence-electron chi connectivity index (χ3n) is 4.86. The van der Waals surface area contributed by atoms with Gasteiger partial charge in [-0.05, 0) is 66.1 Å². The first-order valence-electron chi connectivity index (χ1n) is 9.01. The number of nitrogens with two attached hydrogens (primary N) is 1. The van der Waals surface area contributed by atoms with E-state index in [0.29, 0.717) is 0 Å². The molecule has 146 valence electrons. The van der Waals surface area contributed by atoms with Gasteiger partial charge in [0.25, 0.3) is 0 Å². The van der Waals surface area contributed by atoms with Crippen molar-refractivity contribution < 1.29 is 8.42 Å². The number of sulfonamides is 1. The van der Waals surface area contributed by atoms with Gasteiger partial charge < -0.3 is 4.57 Å². The van der Waals surface area contributed by atoms with E-state index in [1.165, 1.54) is 0 Å². The molecule has 4 nitrogen and oxygen atoms in total. The zero-order chi connectivity index (χ0) is 20.6. The van der Waals surface area contributed by atoms with Crippen molar-refractivity contribution in [1.82, 2.24) is 4.57 Å². The zero-order valence-electron chi connectivity index (χ0n) is 15.7. The maximum atomic E-state index is 11.6. The molecule has 0 fully saturated rings. The second-order valence-electron chi connectivity index (χ2n) is 6.80. The molecule has 1 aromatic heterocycles. The molecular formula is C23H19BrN2O2S. The standard InChI is InChI=1S/C23H19BrN2O2S/c1-16-4-2-3-5-21(16)26-22(17-6-10-19(24)11-7-17)14-15-23(26)18-8-12-20(13-9-18)29(25,27)28/h2-15H,1H3,(H2,25,27,28). The Morgan fingerprint density at radius 1 is 0.759 bits per heavy atom. The minimum atomic E-state index is -3.72. The number of halogens is 1. The van der Waals surface area contributed by atoms with Crippen LogP contribution in [-0.2, 0) is 10.0 Å². The van der Waals surface area contributed by atoms with Crippen molar-refractivity contribution in [2.45, 2.75) is 11.8 Å². The monoisotopic (exact) mass is 466 g/mol. The fraction of sp³-hybridized carbons (Fsp3) is 0.0435. The number of nitrogens with zero attached hydrogens (tertiary/aromatic N) is 1. The lowest BCUT2D eigenvalue weighted by molar-refractivity contribution is 0.598. The topological polar surface area (TPSA) is 65.1 Å². The van der Waals surface area contributed by atoms with Gasteiger partial charge in [0.1, 0.15) is 0 Å². The first-order chi connectivity index (χ1) is 13.8. The van der Waals surface area contributed by atoms with E-state index < -0.39 is 10.0 Å². The minimum Gasteiger partial charge on any atom is -0.309 e. The molecule has 0 atom stereocenters. The van der Waals surface area contributed by atoms with Crippen LogP contribution in [0.2, 0.25) is 0 Å². The molecule has 3 aromatic carbocycles. The summed E-state index contributed by atoms with van der Waals surface area (Å²) in [6, 6.07) is 27.2. The SMILES string of the molecule is Cc1ccccc1-n1c(-c2ccc(Br)cc2)ccc1-c1ccc(S(N)(=O)=O)cc1. The summed E-state index contributed by atoms with van der Waals surface area (Å²) in [5, 5.41) is 5.24. The van der Waals surface area contributed by atoms with E-state index in [1.54, 1.807) is 24.3 Å². The van der Waals surface area contributed by atoms with Crippen molar-refractivity contribution in [3.05, 3.63) is 95.0 Å². The molecule has 29 heavy (non-hydrogen) atoms. The molecule has 0 bridgehead atoms. The molecule has 2 N–H and O–H groups in total. The second kappa shape index (κ2) is 7.63. The second-order valence-corrected chi connectivity index (χ2v) is 9.28. The first kappa shape index (κ1) is 19.6. The lowest BCUT2D eigenvalue weighted by Gasteiger charge is -2.17. The van der Waals surface area contributed by atoms with Crippen LogP contribution in [0.5, 0.6) is 0 Å². The Hall–Kier alpha value is -2.67. The molecule has 0 saturated heterocycles. The van der Waals surface area contributed by atoms with Gasteiger partial charge >= 0.3 is 0 Å². The van der Waals surface area contributed by atoms with Gasteiger partial charge in [0, 0.05) is 10.2 Å². The van der Waals surface area contributed by atoms with E-state index in [9.17, 15) is 8.42 Å². The highest BCUT2D eigenvalue weighted by molar-refractivity contribution is 9.10. The van der Waals surface area contributed by atoms with Crippen molar-refractivity contribution in [2.24, 2.45) is 5.14 Å². The Bertz CT molecular complexity index is 1280. The van der Waals surface area contributed by atoms with Crippen LogP contribution in [0.1, 0.15) is 5.56 Å². The number of aromatic nitrogens is 1. The number of hydrogen-bond donors (Lipinski definition) is 1. The lowest BCUT2D eigenvalue weighted by atomic mass is 10.1.